The summed E-state index contributed by atoms with van der Waals surface area (Å²) >= 11 is 0. The number of halogens is 3. The average Bonchev–Trinajstić information content (AvgIpc) is 3.28. The molecular formula is C19H20F3N5O. The molecule has 0 radical (unpaired) electrons. The summed E-state index contributed by atoms with van der Waals surface area (Å²) in [5, 5.41) is 4.49. The van der Waals surface area contributed by atoms with Gasteiger partial charge in [0, 0.05) is 26.1 Å². The number of aromatic amines is 1. The van der Waals surface area contributed by atoms with Crippen molar-refractivity contribution < 1.29 is 13.2 Å². The normalized spacial score (nSPS) is 20.0. The Morgan fingerprint density at radius 1 is 1.21 bits per heavy atom. The van der Waals surface area contributed by atoms with Crippen molar-refractivity contribution in [2.45, 2.75) is 37.4 Å². The van der Waals surface area contributed by atoms with Gasteiger partial charge in [0.1, 0.15) is 5.39 Å². The van der Waals surface area contributed by atoms with Gasteiger partial charge in [-0.1, -0.05) is 18.6 Å². The van der Waals surface area contributed by atoms with Crippen molar-refractivity contribution in [1.82, 2.24) is 19.7 Å². The summed E-state index contributed by atoms with van der Waals surface area (Å²) in [7, 11) is 3.58. The third-order valence-electron chi connectivity index (χ3n) is 5.57. The summed E-state index contributed by atoms with van der Waals surface area (Å²) in [5.74, 6) is 0.504. The second kappa shape index (κ2) is 6.65. The fraction of sp³-hybridized carbons (Fsp3) is 0.421. The fourth-order valence-corrected chi connectivity index (χ4v) is 4.06. The van der Waals surface area contributed by atoms with Gasteiger partial charge in [-0.3, -0.25) is 14.5 Å². The number of rotatable bonds is 3. The fourth-order valence-electron chi connectivity index (χ4n) is 4.06. The van der Waals surface area contributed by atoms with Gasteiger partial charge >= 0.3 is 6.18 Å². The van der Waals surface area contributed by atoms with E-state index in [1.54, 1.807) is 23.9 Å². The number of aromatic nitrogens is 4. The molecule has 1 aliphatic rings. The van der Waals surface area contributed by atoms with E-state index in [0.29, 0.717) is 17.0 Å². The number of likely N-dealkylation sites (N-methyl/N-ethyl adjacent to an activating group) is 1. The lowest BCUT2D eigenvalue weighted by atomic mass is 9.92. The van der Waals surface area contributed by atoms with Crippen LogP contribution in [-0.4, -0.2) is 32.8 Å². The van der Waals surface area contributed by atoms with Gasteiger partial charge in [0.15, 0.2) is 5.65 Å². The van der Waals surface area contributed by atoms with E-state index < -0.39 is 11.7 Å². The summed E-state index contributed by atoms with van der Waals surface area (Å²) < 4.78 is 40.1. The second-order valence-corrected chi connectivity index (χ2v) is 7.23. The summed E-state index contributed by atoms with van der Waals surface area (Å²) in [6, 6.07) is 5.41. The van der Waals surface area contributed by atoms with Gasteiger partial charge in [-0.05, 0) is 30.5 Å². The van der Waals surface area contributed by atoms with Gasteiger partial charge in [0.25, 0.3) is 5.56 Å². The van der Waals surface area contributed by atoms with Gasteiger partial charge in [0.2, 0.25) is 5.95 Å². The molecule has 9 heteroatoms. The van der Waals surface area contributed by atoms with Gasteiger partial charge in [-0.2, -0.15) is 23.3 Å². The van der Waals surface area contributed by atoms with E-state index in [1.165, 1.54) is 6.20 Å². The first kappa shape index (κ1) is 18.5. The van der Waals surface area contributed by atoms with Crippen molar-refractivity contribution in [2.75, 3.05) is 11.9 Å². The number of nitrogens with one attached hydrogen (secondary N) is 1. The molecule has 3 aromatic rings. The highest BCUT2D eigenvalue weighted by Crippen LogP contribution is 2.39. The molecule has 0 bridgehead atoms. The van der Waals surface area contributed by atoms with Crippen LogP contribution in [0.25, 0.3) is 11.0 Å². The Labute approximate surface area is 159 Å². The van der Waals surface area contributed by atoms with Crippen LogP contribution in [0.15, 0.2) is 35.3 Å². The molecule has 6 nitrogen and oxygen atoms in total. The highest BCUT2D eigenvalue weighted by molar-refractivity contribution is 5.74. The SMILES string of the molecule is CN(c1nc2c(cnn2C)c(=O)[nH]1)[C@@H]1CCC[C@@H]1c1ccc(C(F)(F)F)cc1. The van der Waals surface area contributed by atoms with Crippen molar-refractivity contribution in [3.05, 3.63) is 51.9 Å². The zero-order chi connectivity index (χ0) is 20.1. The monoisotopic (exact) mass is 391 g/mol. The van der Waals surface area contributed by atoms with E-state index in [9.17, 15) is 18.0 Å². The minimum absolute atomic E-state index is 0.0329. The number of anilines is 1. The van der Waals surface area contributed by atoms with Crippen LogP contribution in [0, 0.1) is 0 Å². The van der Waals surface area contributed by atoms with E-state index in [4.69, 9.17) is 0 Å². The lowest BCUT2D eigenvalue weighted by molar-refractivity contribution is -0.137. The number of fused-ring (bicyclic) bond motifs is 1. The molecular weight excluding hydrogens is 371 g/mol. The Morgan fingerprint density at radius 3 is 2.61 bits per heavy atom. The third kappa shape index (κ3) is 3.14. The predicted octanol–water partition coefficient (Wildman–Crippen LogP) is 3.45. The van der Waals surface area contributed by atoms with Crippen LogP contribution in [-0.2, 0) is 13.2 Å². The Bertz CT molecular complexity index is 1050. The van der Waals surface area contributed by atoms with Gasteiger partial charge < -0.3 is 4.90 Å². The smallest absolute Gasteiger partial charge is 0.342 e. The molecule has 0 amide bonds. The van der Waals surface area contributed by atoms with Crippen molar-refractivity contribution >= 4 is 17.0 Å². The highest BCUT2D eigenvalue weighted by atomic mass is 19.4. The molecule has 1 N–H and O–H groups in total. The first-order chi connectivity index (χ1) is 13.3. The highest BCUT2D eigenvalue weighted by Gasteiger charge is 2.34. The van der Waals surface area contributed by atoms with Crippen molar-refractivity contribution in [1.29, 1.82) is 0 Å². The Morgan fingerprint density at radius 2 is 1.93 bits per heavy atom. The minimum Gasteiger partial charge on any atom is -0.342 e. The molecule has 0 saturated heterocycles. The number of hydrogen-bond acceptors (Lipinski definition) is 4. The maximum absolute atomic E-state index is 12.8. The minimum atomic E-state index is -4.34. The van der Waals surface area contributed by atoms with Crippen LogP contribution in [0.1, 0.15) is 36.3 Å². The van der Waals surface area contributed by atoms with Crippen molar-refractivity contribution in [2.24, 2.45) is 7.05 Å². The summed E-state index contributed by atoms with van der Waals surface area (Å²) in [6.45, 7) is 0. The number of benzene rings is 1. The number of hydrogen-bond donors (Lipinski definition) is 1. The van der Waals surface area contributed by atoms with Gasteiger partial charge in [0.05, 0.1) is 11.8 Å². The molecule has 0 aliphatic heterocycles. The zero-order valence-electron chi connectivity index (χ0n) is 15.5. The van der Waals surface area contributed by atoms with Crippen LogP contribution in [0.5, 0.6) is 0 Å². The third-order valence-corrected chi connectivity index (χ3v) is 5.57. The molecule has 1 saturated carbocycles. The molecule has 2 heterocycles. The maximum atomic E-state index is 12.8. The molecule has 148 valence electrons. The van der Waals surface area contributed by atoms with E-state index in [2.05, 4.69) is 15.1 Å². The first-order valence-electron chi connectivity index (χ1n) is 9.07. The van der Waals surface area contributed by atoms with Gasteiger partial charge in [-0.25, -0.2) is 0 Å². The molecule has 1 fully saturated rings. The number of nitrogens with zero attached hydrogens (tertiary/aromatic N) is 4. The lowest BCUT2D eigenvalue weighted by Crippen LogP contribution is -2.36. The molecule has 2 aromatic heterocycles. The second-order valence-electron chi connectivity index (χ2n) is 7.23. The standard InChI is InChI=1S/C19H20F3N5O/c1-26(18-24-16-14(17(28)25-18)10-23-27(16)2)15-5-3-4-13(15)11-6-8-12(9-7-11)19(20,21)22/h6-10,13,15H,3-5H2,1-2H3,(H,24,25,28)/t13-,15-/m1/s1. The topological polar surface area (TPSA) is 66.8 Å². The molecule has 4 rings (SSSR count). The Balaban J connectivity index is 1.65. The zero-order valence-corrected chi connectivity index (χ0v) is 15.5. The molecule has 0 unspecified atom stereocenters. The Hall–Kier alpha value is -2.84. The van der Waals surface area contributed by atoms with Crippen LogP contribution in [0.3, 0.4) is 0 Å². The van der Waals surface area contributed by atoms with Crippen molar-refractivity contribution in [3.63, 3.8) is 0 Å². The number of aryl methyl sites for hydroxylation is 1. The lowest BCUT2D eigenvalue weighted by Gasteiger charge is -2.30. The maximum Gasteiger partial charge on any atom is 0.416 e. The predicted molar refractivity (Wildman–Crippen MR) is 99.4 cm³/mol. The molecule has 2 atom stereocenters. The van der Waals surface area contributed by atoms with Crippen LogP contribution >= 0.6 is 0 Å². The van der Waals surface area contributed by atoms with E-state index in [1.807, 2.05) is 11.9 Å². The molecule has 0 spiro atoms. The largest absolute Gasteiger partial charge is 0.416 e. The molecule has 1 aromatic carbocycles. The Kier molecular flexibility index (Phi) is 4.40. The van der Waals surface area contributed by atoms with Crippen LogP contribution < -0.4 is 10.5 Å². The molecule has 28 heavy (non-hydrogen) atoms. The first-order valence-corrected chi connectivity index (χ1v) is 9.07. The molecule has 1 aliphatic carbocycles. The van der Waals surface area contributed by atoms with E-state index in [-0.39, 0.29) is 17.5 Å². The summed E-state index contributed by atoms with van der Waals surface area (Å²) in [6.07, 6.45) is -0.162. The summed E-state index contributed by atoms with van der Waals surface area (Å²) in [4.78, 5) is 21.6. The van der Waals surface area contributed by atoms with Crippen molar-refractivity contribution in [3.8, 4) is 0 Å². The van der Waals surface area contributed by atoms with Crippen LogP contribution in [0.4, 0.5) is 19.1 Å². The van der Waals surface area contributed by atoms with Gasteiger partial charge in [-0.15, -0.1) is 0 Å². The summed E-state index contributed by atoms with van der Waals surface area (Å²) in [5.41, 5.74) is 0.455. The van der Waals surface area contributed by atoms with E-state index in [0.717, 1.165) is 37.0 Å². The number of alkyl halides is 3. The quantitative estimate of drug-likeness (QED) is 0.743. The van der Waals surface area contributed by atoms with E-state index >= 15 is 0 Å². The average molecular weight is 391 g/mol. The number of H-pyrrole nitrogens is 1. The van der Waals surface area contributed by atoms with Crippen LogP contribution in [0.2, 0.25) is 0 Å².